The van der Waals surface area contributed by atoms with Gasteiger partial charge in [-0.25, -0.2) is 0 Å². The number of carbonyl (C=O) groups is 1. The molecule has 2 N–H and O–H groups in total. The summed E-state index contributed by atoms with van der Waals surface area (Å²) in [4.78, 5) is 12.7. The predicted molar refractivity (Wildman–Crippen MR) is 57.7 cm³/mol. The third-order valence-corrected chi connectivity index (χ3v) is 3.86. The molecule has 0 saturated carbocycles. The Kier molecular flexibility index (Phi) is 2.51. The molecule has 0 spiro atoms. The van der Waals surface area contributed by atoms with Gasteiger partial charge in [0.1, 0.15) is 5.54 Å². The first-order chi connectivity index (χ1) is 6.63. The van der Waals surface area contributed by atoms with Crippen LogP contribution in [0.25, 0.3) is 0 Å². The van der Waals surface area contributed by atoms with Gasteiger partial charge < -0.3 is 5.32 Å². The molecule has 1 aliphatic heterocycles. The van der Waals surface area contributed by atoms with Gasteiger partial charge in [-0.1, -0.05) is 11.6 Å². The Balaban J connectivity index is 2.34. The Bertz CT molecular complexity index is 365. The number of piperazine rings is 1. The number of hydrogen-bond donors (Lipinski definition) is 2. The van der Waals surface area contributed by atoms with Gasteiger partial charge in [0.25, 0.3) is 0 Å². The maximum absolute atomic E-state index is 11.7. The molecule has 1 unspecified atom stereocenters. The van der Waals surface area contributed by atoms with E-state index in [-0.39, 0.29) is 5.91 Å². The largest absolute Gasteiger partial charge is 0.353 e. The normalized spacial score (nSPS) is 27.4. The highest BCUT2D eigenvalue weighted by Gasteiger charge is 2.38. The van der Waals surface area contributed by atoms with Crippen LogP contribution in [-0.4, -0.2) is 19.0 Å². The summed E-state index contributed by atoms with van der Waals surface area (Å²) in [5.41, 5.74) is -0.615. The van der Waals surface area contributed by atoms with Crippen molar-refractivity contribution in [2.24, 2.45) is 0 Å². The van der Waals surface area contributed by atoms with Crippen LogP contribution in [0.15, 0.2) is 12.1 Å². The van der Waals surface area contributed by atoms with Crippen molar-refractivity contribution in [1.29, 1.82) is 0 Å². The molecular formula is C9H11ClN2OS. The van der Waals surface area contributed by atoms with Crippen molar-refractivity contribution in [3.8, 4) is 0 Å². The highest BCUT2D eigenvalue weighted by atomic mass is 35.5. The molecule has 1 saturated heterocycles. The van der Waals surface area contributed by atoms with Crippen LogP contribution in [0.5, 0.6) is 0 Å². The molecule has 5 heteroatoms. The van der Waals surface area contributed by atoms with Crippen LogP contribution in [-0.2, 0) is 10.3 Å². The van der Waals surface area contributed by atoms with E-state index in [0.717, 1.165) is 11.4 Å². The number of nitrogens with one attached hydrogen (secondary N) is 2. The molecule has 0 radical (unpaired) electrons. The van der Waals surface area contributed by atoms with Crippen molar-refractivity contribution >= 4 is 28.8 Å². The van der Waals surface area contributed by atoms with Crippen LogP contribution in [0.3, 0.4) is 0 Å². The lowest BCUT2D eigenvalue weighted by Crippen LogP contribution is -2.58. The summed E-state index contributed by atoms with van der Waals surface area (Å²) in [6.45, 7) is 3.36. The monoisotopic (exact) mass is 230 g/mol. The van der Waals surface area contributed by atoms with Crippen molar-refractivity contribution in [2.75, 3.05) is 13.1 Å². The molecule has 2 heterocycles. The third-order valence-electron chi connectivity index (χ3n) is 2.41. The van der Waals surface area contributed by atoms with Gasteiger partial charge in [0.2, 0.25) is 5.91 Å². The molecule has 1 fully saturated rings. The van der Waals surface area contributed by atoms with Gasteiger partial charge in [0, 0.05) is 18.0 Å². The van der Waals surface area contributed by atoms with Crippen molar-refractivity contribution in [3.63, 3.8) is 0 Å². The second kappa shape index (κ2) is 3.53. The van der Waals surface area contributed by atoms with E-state index in [4.69, 9.17) is 11.6 Å². The SMILES string of the molecule is CC1(c2ccc(Cl)s2)NCCNC1=O. The highest BCUT2D eigenvalue weighted by molar-refractivity contribution is 7.16. The van der Waals surface area contributed by atoms with Crippen LogP contribution in [0, 0.1) is 0 Å². The van der Waals surface area contributed by atoms with E-state index >= 15 is 0 Å². The van der Waals surface area contributed by atoms with Gasteiger partial charge in [-0.2, -0.15) is 0 Å². The zero-order valence-electron chi connectivity index (χ0n) is 7.76. The average Bonchev–Trinajstić information content (AvgIpc) is 2.58. The second-order valence-corrected chi connectivity index (χ2v) is 5.13. The van der Waals surface area contributed by atoms with E-state index < -0.39 is 5.54 Å². The first-order valence-corrected chi connectivity index (χ1v) is 5.61. The first kappa shape index (κ1) is 9.96. The Hall–Kier alpha value is -0.580. The quantitative estimate of drug-likeness (QED) is 0.765. The standard InChI is InChI=1S/C9H11ClN2OS/c1-9(6-2-3-7(10)14-6)8(13)11-4-5-12-9/h2-3,12H,4-5H2,1H3,(H,11,13). The van der Waals surface area contributed by atoms with Crippen LogP contribution in [0.1, 0.15) is 11.8 Å². The number of thiophene rings is 1. The second-order valence-electron chi connectivity index (χ2n) is 3.41. The lowest BCUT2D eigenvalue weighted by Gasteiger charge is -2.32. The molecule has 1 aliphatic rings. The van der Waals surface area contributed by atoms with Crippen LogP contribution in [0.2, 0.25) is 4.34 Å². The molecule has 2 rings (SSSR count). The minimum absolute atomic E-state index is 0.0160. The third kappa shape index (κ3) is 1.54. The topological polar surface area (TPSA) is 41.1 Å². The van der Waals surface area contributed by atoms with Gasteiger partial charge in [0.05, 0.1) is 4.34 Å². The van der Waals surface area contributed by atoms with Crippen molar-refractivity contribution < 1.29 is 4.79 Å². The van der Waals surface area contributed by atoms with Crippen LogP contribution >= 0.6 is 22.9 Å². The molecule has 0 aliphatic carbocycles. The zero-order chi connectivity index (χ0) is 10.2. The van der Waals surface area contributed by atoms with Gasteiger partial charge >= 0.3 is 0 Å². The Morgan fingerprint density at radius 3 is 2.86 bits per heavy atom. The molecule has 1 aromatic rings. The summed E-state index contributed by atoms with van der Waals surface area (Å²) in [7, 11) is 0. The first-order valence-electron chi connectivity index (χ1n) is 4.42. The van der Waals surface area contributed by atoms with E-state index in [1.807, 2.05) is 19.1 Å². The van der Waals surface area contributed by atoms with Crippen molar-refractivity contribution in [3.05, 3.63) is 21.3 Å². The van der Waals surface area contributed by atoms with Crippen LogP contribution < -0.4 is 10.6 Å². The van der Waals surface area contributed by atoms with E-state index in [9.17, 15) is 4.79 Å². The number of rotatable bonds is 1. The molecule has 1 amide bonds. The smallest absolute Gasteiger partial charge is 0.245 e. The number of halogens is 1. The van der Waals surface area contributed by atoms with Gasteiger partial charge in [0.15, 0.2) is 0 Å². The lowest BCUT2D eigenvalue weighted by atomic mass is 9.97. The van der Waals surface area contributed by atoms with Crippen LogP contribution in [0.4, 0.5) is 0 Å². The van der Waals surface area contributed by atoms with E-state index in [1.165, 1.54) is 11.3 Å². The van der Waals surface area contributed by atoms with Crippen molar-refractivity contribution in [1.82, 2.24) is 10.6 Å². The molecular weight excluding hydrogens is 220 g/mol. The summed E-state index contributed by atoms with van der Waals surface area (Å²) in [5.74, 6) is 0.0160. The molecule has 76 valence electrons. The minimum Gasteiger partial charge on any atom is -0.353 e. The number of carbonyl (C=O) groups excluding carboxylic acids is 1. The molecule has 0 aromatic carbocycles. The maximum Gasteiger partial charge on any atom is 0.245 e. The fraction of sp³-hybridized carbons (Fsp3) is 0.444. The summed E-state index contributed by atoms with van der Waals surface area (Å²) in [6.07, 6.45) is 0. The highest BCUT2D eigenvalue weighted by Crippen LogP contribution is 2.31. The zero-order valence-corrected chi connectivity index (χ0v) is 9.34. The lowest BCUT2D eigenvalue weighted by molar-refractivity contribution is -0.128. The van der Waals surface area contributed by atoms with E-state index in [0.29, 0.717) is 10.9 Å². The average molecular weight is 231 g/mol. The summed E-state index contributed by atoms with van der Waals surface area (Å²) >= 11 is 7.29. The number of amides is 1. The van der Waals surface area contributed by atoms with Gasteiger partial charge in [-0.05, 0) is 19.1 Å². The van der Waals surface area contributed by atoms with Gasteiger partial charge in [-0.3, -0.25) is 10.1 Å². The summed E-state index contributed by atoms with van der Waals surface area (Å²) in [6, 6.07) is 3.71. The summed E-state index contributed by atoms with van der Waals surface area (Å²) < 4.78 is 0.710. The molecule has 3 nitrogen and oxygen atoms in total. The van der Waals surface area contributed by atoms with E-state index in [1.54, 1.807) is 0 Å². The maximum atomic E-state index is 11.7. The van der Waals surface area contributed by atoms with Crippen molar-refractivity contribution in [2.45, 2.75) is 12.5 Å². The number of hydrogen-bond acceptors (Lipinski definition) is 3. The molecule has 0 bridgehead atoms. The molecule has 14 heavy (non-hydrogen) atoms. The fourth-order valence-electron chi connectivity index (χ4n) is 1.53. The molecule has 1 atom stereocenters. The van der Waals surface area contributed by atoms with E-state index in [2.05, 4.69) is 10.6 Å². The Morgan fingerprint density at radius 2 is 2.29 bits per heavy atom. The predicted octanol–water partition coefficient (Wildman–Crippen LogP) is 1.34. The fourth-order valence-corrected chi connectivity index (χ4v) is 2.69. The summed E-state index contributed by atoms with van der Waals surface area (Å²) in [5, 5.41) is 6.06. The Labute approximate surface area is 91.5 Å². The van der Waals surface area contributed by atoms with Gasteiger partial charge in [-0.15, -0.1) is 11.3 Å². The Morgan fingerprint density at radius 1 is 1.50 bits per heavy atom. The minimum atomic E-state index is -0.615. The molecule has 1 aromatic heterocycles.